The zero-order valence-corrected chi connectivity index (χ0v) is 16.6. The minimum Gasteiger partial charge on any atom is -0.481 e. The van der Waals surface area contributed by atoms with E-state index in [-0.39, 0.29) is 5.91 Å². The van der Waals surface area contributed by atoms with Crippen LogP contribution in [0.5, 0.6) is 5.75 Å². The fourth-order valence-corrected chi connectivity index (χ4v) is 2.47. The molecule has 138 valence electrons. The third kappa shape index (κ3) is 5.20. The molecule has 0 spiro atoms. The van der Waals surface area contributed by atoms with Gasteiger partial charge in [0.1, 0.15) is 5.75 Å². The maximum atomic E-state index is 12.2. The largest absolute Gasteiger partial charge is 0.481 e. The lowest BCUT2D eigenvalue weighted by Gasteiger charge is -2.18. The number of hydrogen-bond donors (Lipinski definition) is 3. The lowest BCUT2D eigenvalue weighted by atomic mass is 10.1. The van der Waals surface area contributed by atoms with Crippen LogP contribution in [-0.4, -0.2) is 17.1 Å². The fraction of sp³-hybridized carbons (Fsp3) is 0.300. The van der Waals surface area contributed by atoms with E-state index in [0.717, 1.165) is 22.4 Å². The highest BCUT2D eigenvalue weighted by Gasteiger charge is 2.16. The van der Waals surface area contributed by atoms with E-state index >= 15 is 0 Å². The van der Waals surface area contributed by atoms with Crippen molar-refractivity contribution in [3.63, 3.8) is 0 Å². The summed E-state index contributed by atoms with van der Waals surface area (Å²) in [7, 11) is 0. The van der Waals surface area contributed by atoms with Crippen LogP contribution in [-0.2, 0) is 4.79 Å². The first kappa shape index (κ1) is 19.7. The Bertz CT molecular complexity index is 821. The number of hydrogen-bond acceptors (Lipinski definition) is 3. The molecule has 3 N–H and O–H groups in total. The Morgan fingerprint density at radius 3 is 2.42 bits per heavy atom. The van der Waals surface area contributed by atoms with E-state index in [1.807, 2.05) is 64.1 Å². The van der Waals surface area contributed by atoms with Crippen molar-refractivity contribution in [2.75, 3.05) is 5.32 Å². The Labute approximate surface area is 160 Å². The minimum absolute atomic E-state index is 0.306. The average Bonchev–Trinajstić information content (AvgIpc) is 2.60. The third-order valence-corrected chi connectivity index (χ3v) is 4.50. The van der Waals surface area contributed by atoms with Crippen LogP contribution in [0.25, 0.3) is 0 Å². The zero-order valence-electron chi connectivity index (χ0n) is 15.8. The number of hydrazine groups is 1. The molecule has 2 rings (SSSR count). The van der Waals surface area contributed by atoms with Gasteiger partial charge in [0, 0.05) is 5.69 Å². The molecule has 26 heavy (non-hydrogen) atoms. The van der Waals surface area contributed by atoms with Gasteiger partial charge < -0.3 is 10.1 Å². The number of benzene rings is 2. The number of ether oxygens (including phenoxy) is 1. The number of thiocarbonyl (C=S) groups is 1. The molecule has 6 heteroatoms. The molecule has 0 aromatic heterocycles. The summed E-state index contributed by atoms with van der Waals surface area (Å²) in [6, 6.07) is 11.7. The summed E-state index contributed by atoms with van der Waals surface area (Å²) in [5.41, 5.74) is 10.6. The predicted octanol–water partition coefficient (Wildman–Crippen LogP) is 3.71. The van der Waals surface area contributed by atoms with Gasteiger partial charge in [-0.05, 0) is 87.3 Å². The summed E-state index contributed by atoms with van der Waals surface area (Å²) in [6.07, 6.45) is -0.660. The molecule has 0 bridgehead atoms. The van der Waals surface area contributed by atoms with Gasteiger partial charge in [0.05, 0.1) is 0 Å². The van der Waals surface area contributed by atoms with Crippen molar-refractivity contribution in [3.8, 4) is 5.75 Å². The van der Waals surface area contributed by atoms with Crippen LogP contribution < -0.4 is 20.9 Å². The van der Waals surface area contributed by atoms with Crippen molar-refractivity contribution in [1.29, 1.82) is 0 Å². The van der Waals surface area contributed by atoms with Crippen molar-refractivity contribution in [2.24, 2.45) is 0 Å². The summed E-state index contributed by atoms with van der Waals surface area (Å²) in [6.45, 7) is 9.75. The first-order valence-corrected chi connectivity index (χ1v) is 8.85. The molecule has 1 amide bonds. The van der Waals surface area contributed by atoms with Crippen LogP contribution >= 0.6 is 12.2 Å². The Morgan fingerprint density at radius 2 is 1.73 bits per heavy atom. The van der Waals surface area contributed by atoms with Crippen LogP contribution in [0.3, 0.4) is 0 Å². The van der Waals surface area contributed by atoms with E-state index in [4.69, 9.17) is 17.0 Å². The first-order chi connectivity index (χ1) is 12.3. The molecule has 0 fully saturated rings. The van der Waals surface area contributed by atoms with Crippen LogP contribution in [0.2, 0.25) is 0 Å². The second kappa shape index (κ2) is 8.67. The maximum Gasteiger partial charge on any atom is 0.279 e. The SMILES string of the molecule is Cc1ccc(NC(=S)NNC(=O)[C@H](C)Oc2cccc(C)c2C)cc1C. The highest BCUT2D eigenvalue weighted by atomic mass is 32.1. The van der Waals surface area contributed by atoms with Crippen molar-refractivity contribution in [2.45, 2.75) is 40.7 Å². The molecule has 0 unspecified atom stereocenters. The van der Waals surface area contributed by atoms with Gasteiger partial charge in [-0.2, -0.15) is 0 Å². The van der Waals surface area contributed by atoms with Gasteiger partial charge in [0.25, 0.3) is 5.91 Å². The van der Waals surface area contributed by atoms with Crippen molar-refractivity contribution in [3.05, 3.63) is 58.7 Å². The van der Waals surface area contributed by atoms with E-state index in [1.165, 1.54) is 5.56 Å². The summed E-state index contributed by atoms with van der Waals surface area (Å²) in [5, 5.41) is 3.34. The monoisotopic (exact) mass is 371 g/mol. The molecular weight excluding hydrogens is 346 g/mol. The molecule has 5 nitrogen and oxygen atoms in total. The number of carbonyl (C=O) groups is 1. The normalized spacial score (nSPS) is 11.4. The molecule has 0 heterocycles. The van der Waals surface area contributed by atoms with E-state index in [1.54, 1.807) is 6.92 Å². The van der Waals surface area contributed by atoms with E-state index in [0.29, 0.717) is 10.9 Å². The van der Waals surface area contributed by atoms with E-state index in [9.17, 15) is 4.79 Å². The van der Waals surface area contributed by atoms with Gasteiger partial charge in [0.15, 0.2) is 11.2 Å². The lowest BCUT2D eigenvalue weighted by Crippen LogP contribution is -2.48. The molecule has 2 aromatic rings. The van der Waals surface area contributed by atoms with Crippen LogP contribution in [0.4, 0.5) is 5.69 Å². The molecule has 0 aliphatic carbocycles. The predicted molar refractivity (Wildman–Crippen MR) is 109 cm³/mol. The summed E-state index contributed by atoms with van der Waals surface area (Å²) >= 11 is 5.21. The molecule has 0 saturated carbocycles. The van der Waals surface area contributed by atoms with Gasteiger partial charge in [-0.3, -0.25) is 15.6 Å². The third-order valence-electron chi connectivity index (χ3n) is 4.29. The van der Waals surface area contributed by atoms with Crippen molar-refractivity contribution in [1.82, 2.24) is 10.9 Å². The Morgan fingerprint density at radius 1 is 1.00 bits per heavy atom. The molecule has 0 radical (unpaired) electrons. The molecular formula is C20H25N3O2S. The number of amides is 1. The highest BCUT2D eigenvalue weighted by molar-refractivity contribution is 7.80. The van der Waals surface area contributed by atoms with Crippen LogP contribution in [0.15, 0.2) is 36.4 Å². The van der Waals surface area contributed by atoms with Crippen LogP contribution in [0.1, 0.15) is 29.2 Å². The molecule has 0 saturated heterocycles. The molecule has 0 aliphatic heterocycles. The average molecular weight is 372 g/mol. The zero-order chi connectivity index (χ0) is 19.3. The Kier molecular flexibility index (Phi) is 6.58. The van der Waals surface area contributed by atoms with Crippen LogP contribution in [0, 0.1) is 27.7 Å². The number of nitrogens with one attached hydrogen (secondary N) is 3. The van der Waals surface area contributed by atoms with Gasteiger partial charge in [-0.1, -0.05) is 18.2 Å². The van der Waals surface area contributed by atoms with Gasteiger partial charge in [-0.25, -0.2) is 0 Å². The first-order valence-electron chi connectivity index (χ1n) is 8.45. The maximum absolute atomic E-state index is 12.2. The van der Waals surface area contributed by atoms with E-state index in [2.05, 4.69) is 16.2 Å². The topological polar surface area (TPSA) is 62.4 Å². The van der Waals surface area contributed by atoms with E-state index < -0.39 is 6.10 Å². The number of aryl methyl sites for hydroxylation is 3. The van der Waals surface area contributed by atoms with Crippen molar-refractivity contribution < 1.29 is 9.53 Å². The number of rotatable bonds is 4. The summed E-state index contributed by atoms with van der Waals surface area (Å²) in [4.78, 5) is 12.2. The van der Waals surface area contributed by atoms with Gasteiger partial charge >= 0.3 is 0 Å². The summed E-state index contributed by atoms with van der Waals surface area (Å²) in [5.74, 6) is 0.388. The molecule has 2 aromatic carbocycles. The summed E-state index contributed by atoms with van der Waals surface area (Å²) < 4.78 is 5.75. The lowest BCUT2D eigenvalue weighted by molar-refractivity contribution is -0.127. The quantitative estimate of drug-likeness (QED) is 0.565. The fourth-order valence-electron chi connectivity index (χ4n) is 2.30. The Hall–Kier alpha value is -2.60. The van der Waals surface area contributed by atoms with Gasteiger partial charge in [-0.15, -0.1) is 0 Å². The molecule has 0 aliphatic rings. The smallest absolute Gasteiger partial charge is 0.279 e. The standard InChI is InChI=1S/C20H25N3O2S/c1-12-9-10-17(11-14(12)3)21-20(26)23-22-19(24)16(5)25-18-8-6-7-13(2)15(18)4/h6-11,16H,1-5H3,(H,22,24)(H2,21,23,26)/t16-/m0/s1. The number of carbonyl (C=O) groups excluding carboxylic acids is 1. The molecule has 1 atom stereocenters. The second-order valence-electron chi connectivity index (χ2n) is 6.33. The number of anilines is 1. The Balaban J connectivity index is 1.85. The minimum atomic E-state index is -0.660. The van der Waals surface area contributed by atoms with Gasteiger partial charge in [0.2, 0.25) is 0 Å². The van der Waals surface area contributed by atoms with Crippen molar-refractivity contribution >= 4 is 28.9 Å². The highest BCUT2D eigenvalue weighted by Crippen LogP contribution is 2.21. The second-order valence-corrected chi connectivity index (χ2v) is 6.73.